The first kappa shape index (κ1) is 21.8. The lowest BCUT2D eigenvalue weighted by Crippen LogP contribution is -2.42. The molecular formula is C26H29N3O3. The van der Waals surface area contributed by atoms with Crippen LogP contribution in [0, 0.1) is 6.92 Å². The first-order valence-electron chi connectivity index (χ1n) is 11.1. The van der Waals surface area contributed by atoms with Crippen LogP contribution in [0.4, 0.5) is 0 Å². The Kier molecular flexibility index (Phi) is 6.12. The third-order valence-electron chi connectivity index (χ3n) is 6.62. The average molecular weight is 432 g/mol. The fourth-order valence-corrected chi connectivity index (χ4v) is 4.49. The van der Waals surface area contributed by atoms with Crippen LogP contribution in [0.1, 0.15) is 58.8 Å². The number of carbonyl (C=O) groups is 1. The van der Waals surface area contributed by atoms with Gasteiger partial charge in [-0.05, 0) is 61.4 Å². The minimum atomic E-state index is -0.250. The Hall–Kier alpha value is -3.41. The van der Waals surface area contributed by atoms with Crippen LogP contribution in [0.25, 0.3) is 0 Å². The monoisotopic (exact) mass is 431 g/mol. The number of piperidine rings is 1. The van der Waals surface area contributed by atoms with E-state index < -0.39 is 0 Å². The molecule has 0 N–H and O–H groups in total. The van der Waals surface area contributed by atoms with E-state index in [4.69, 9.17) is 0 Å². The Labute approximate surface area is 187 Å². The van der Waals surface area contributed by atoms with Gasteiger partial charge in [-0.3, -0.25) is 14.4 Å². The standard InChI is InChI=1S/C26H29N3O3/c1-18-9-16-29(19(2)20-7-5-4-6-8-20)26(32)24(18)25(31)28-14-11-21(12-15-28)22-10-13-27(3)23(30)17-22/h4-10,13,16-17,19,21H,11-12,14-15H2,1-3H3. The van der Waals surface area contributed by atoms with Crippen LogP contribution in [0.15, 0.2) is 70.5 Å². The number of rotatable bonds is 4. The van der Waals surface area contributed by atoms with Gasteiger partial charge in [0.2, 0.25) is 0 Å². The van der Waals surface area contributed by atoms with E-state index in [1.165, 1.54) is 0 Å². The lowest BCUT2D eigenvalue weighted by Gasteiger charge is -2.32. The number of pyridine rings is 2. The van der Waals surface area contributed by atoms with Gasteiger partial charge in [0.1, 0.15) is 5.56 Å². The Bertz CT molecular complexity index is 1240. The first-order valence-corrected chi connectivity index (χ1v) is 11.1. The predicted octanol–water partition coefficient (Wildman–Crippen LogP) is 3.48. The molecular weight excluding hydrogens is 402 g/mol. The van der Waals surface area contributed by atoms with Crippen molar-refractivity contribution >= 4 is 5.91 Å². The minimum absolute atomic E-state index is 0.0194. The van der Waals surface area contributed by atoms with E-state index in [-0.39, 0.29) is 34.5 Å². The first-order chi connectivity index (χ1) is 15.4. The zero-order valence-corrected chi connectivity index (χ0v) is 18.8. The van der Waals surface area contributed by atoms with Crippen LogP contribution in [0.2, 0.25) is 0 Å². The fourth-order valence-electron chi connectivity index (χ4n) is 4.49. The Morgan fingerprint density at radius 2 is 1.69 bits per heavy atom. The maximum absolute atomic E-state index is 13.4. The lowest BCUT2D eigenvalue weighted by molar-refractivity contribution is 0.0709. The SMILES string of the molecule is Cc1ccn(C(C)c2ccccc2)c(=O)c1C(=O)N1CCC(c2ccn(C)c(=O)c2)CC1. The zero-order valence-electron chi connectivity index (χ0n) is 18.8. The molecule has 1 atom stereocenters. The van der Waals surface area contributed by atoms with Crippen LogP contribution in [-0.4, -0.2) is 33.0 Å². The number of hydrogen-bond acceptors (Lipinski definition) is 3. The molecule has 3 aromatic rings. The molecule has 4 rings (SSSR count). The highest BCUT2D eigenvalue weighted by Crippen LogP contribution is 2.28. The molecule has 1 unspecified atom stereocenters. The van der Waals surface area contributed by atoms with Crippen LogP contribution < -0.4 is 11.1 Å². The van der Waals surface area contributed by atoms with Crippen molar-refractivity contribution in [3.63, 3.8) is 0 Å². The summed E-state index contributed by atoms with van der Waals surface area (Å²) in [5, 5.41) is 0. The number of likely N-dealkylation sites (tertiary alicyclic amines) is 1. The van der Waals surface area contributed by atoms with E-state index in [1.54, 1.807) is 39.5 Å². The number of benzene rings is 1. The second-order valence-electron chi connectivity index (χ2n) is 8.65. The highest BCUT2D eigenvalue weighted by Gasteiger charge is 2.28. The molecule has 1 saturated heterocycles. The van der Waals surface area contributed by atoms with Gasteiger partial charge in [0.05, 0.1) is 6.04 Å². The van der Waals surface area contributed by atoms with Crippen LogP contribution in [0.5, 0.6) is 0 Å². The molecule has 166 valence electrons. The second kappa shape index (κ2) is 8.99. The van der Waals surface area contributed by atoms with E-state index in [9.17, 15) is 14.4 Å². The summed E-state index contributed by atoms with van der Waals surface area (Å²) in [4.78, 5) is 40.4. The molecule has 32 heavy (non-hydrogen) atoms. The Morgan fingerprint density at radius 1 is 1.00 bits per heavy atom. The summed E-state index contributed by atoms with van der Waals surface area (Å²) in [7, 11) is 1.74. The molecule has 1 fully saturated rings. The van der Waals surface area contributed by atoms with Gasteiger partial charge in [0.25, 0.3) is 17.0 Å². The molecule has 0 saturated carbocycles. The third kappa shape index (κ3) is 4.17. The van der Waals surface area contributed by atoms with E-state index >= 15 is 0 Å². The van der Waals surface area contributed by atoms with Gasteiger partial charge in [-0.25, -0.2) is 0 Å². The third-order valence-corrected chi connectivity index (χ3v) is 6.62. The van der Waals surface area contributed by atoms with Crippen molar-refractivity contribution in [2.75, 3.05) is 13.1 Å². The molecule has 0 radical (unpaired) electrons. The highest BCUT2D eigenvalue weighted by atomic mass is 16.2. The number of aryl methyl sites for hydroxylation is 2. The van der Waals surface area contributed by atoms with Crippen molar-refractivity contribution in [1.29, 1.82) is 0 Å². The zero-order chi connectivity index (χ0) is 22.8. The molecule has 0 aliphatic carbocycles. The molecule has 1 aromatic carbocycles. The average Bonchev–Trinajstić information content (AvgIpc) is 2.81. The summed E-state index contributed by atoms with van der Waals surface area (Å²) in [5.41, 5.74) is 2.73. The summed E-state index contributed by atoms with van der Waals surface area (Å²) in [6.07, 6.45) is 5.12. The van der Waals surface area contributed by atoms with Crippen molar-refractivity contribution in [3.8, 4) is 0 Å². The van der Waals surface area contributed by atoms with Crippen molar-refractivity contribution in [1.82, 2.24) is 14.0 Å². The van der Waals surface area contributed by atoms with E-state index in [0.717, 1.165) is 24.0 Å². The Morgan fingerprint density at radius 3 is 2.34 bits per heavy atom. The van der Waals surface area contributed by atoms with E-state index in [2.05, 4.69) is 0 Å². The molecule has 3 heterocycles. The van der Waals surface area contributed by atoms with Crippen molar-refractivity contribution in [2.45, 2.75) is 38.6 Å². The molecule has 1 amide bonds. The predicted molar refractivity (Wildman–Crippen MR) is 125 cm³/mol. The molecule has 1 aliphatic rings. The van der Waals surface area contributed by atoms with Gasteiger partial charge in [0, 0.05) is 38.6 Å². The molecule has 6 heteroatoms. The quantitative estimate of drug-likeness (QED) is 0.635. The van der Waals surface area contributed by atoms with Gasteiger partial charge in [-0.2, -0.15) is 0 Å². The van der Waals surface area contributed by atoms with Gasteiger partial charge >= 0.3 is 0 Å². The number of hydrogen-bond donors (Lipinski definition) is 0. The molecule has 0 spiro atoms. The summed E-state index contributed by atoms with van der Waals surface area (Å²) in [6, 6.07) is 15.2. The molecule has 0 bridgehead atoms. The number of amides is 1. The number of nitrogens with zero attached hydrogens (tertiary/aromatic N) is 3. The maximum atomic E-state index is 13.4. The van der Waals surface area contributed by atoms with Crippen molar-refractivity contribution < 1.29 is 4.79 Å². The van der Waals surface area contributed by atoms with Crippen molar-refractivity contribution in [3.05, 3.63) is 104 Å². The Balaban J connectivity index is 1.54. The summed E-state index contributed by atoms with van der Waals surface area (Å²) in [6.45, 7) is 4.93. The van der Waals surface area contributed by atoms with Gasteiger partial charge in [-0.1, -0.05) is 30.3 Å². The summed E-state index contributed by atoms with van der Waals surface area (Å²) >= 11 is 0. The normalized spacial score (nSPS) is 15.5. The molecule has 2 aromatic heterocycles. The number of aromatic nitrogens is 2. The van der Waals surface area contributed by atoms with Crippen molar-refractivity contribution in [2.24, 2.45) is 7.05 Å². The summed E-state index contributed by atoms with van der Waals surface area (Å²) in [5.74, 6) is 0.0455. The van der Waals surface area contributed by atoms with Crippen LogP contribution in [-0.2, 0) is 7.05 Å². The lowest BCUT2D eigenvalue weighted by atomic mass is 9.89. The van der Waals surface area contributed by atoms with Crippen LogP contribution in [0.3, 0.4) is 0 Å². The highest BCUT2D eigenvalue weighted by molar-refractivity contribution is 5.95. The van der Waals surface area contributed by atoms with E-state index in [0.29, 0.717) is 18.7 Å². The fraction of sp³-hybridized carbons (Fsp3) is 0.346. The maximum Gasteiger partial charge on any atom is 0.264 e. The van der Waals surface area contributed by atoms with Gasteiger partial charge in [-0.15, -0.1) is 0 Å². The molecule has 6 nitrogen and oxygen atoms in total. The smallest absolute Gasteiger partial charge is 0.264 e. The van der Waals surface area contributed by atoms with E-state index in [1.807, 2.05) is 56.3 Å². The second-order valence-corrected chi connectivity index (χ2v) is 8.65. The van der Waals surface area contributed by atoms with Gasteiger partial charge in [0.15, 0.2) is 0 Å². The summed E-state index contributed by atoms with van der Waals surface area (Å²) < 4.78 is 3.20. The van der Waals surface area contributed by atoms with Crippen LogP contribution >= 0.6 is 0 Å². The number of carbonyl (C=O) groups excluding carboxylic acids is 1. The topological polar surface area (TPSA) is 64.3 Å². The molecule has 1 aliphatic heterocycles. The van der Waals surface area contributed by atoms with Gasteiger partial charge < -0.3 is 14.0 Å². The largest absolute Gasteiger partial charge is 0.338 e. The minimum Gasteiger partial charge on any atom is -0.338 e.